The van der Waals surface area contributed by atoms with Crippen LogP contribution in [0.3, 0.4) is 0 Å². The van der Waals surface area contributed by atoms with E-state index < -0.39 is 0 Å². The molecular formula is C5H2INO. The predicted octanol–water partition coefficient (Wildman–Crippen LogP) is 1.76. The zero-order valence-electron chi connectivity index (χ0n) is 3.89. The number of nitriles is 1. The summed E-state index contributed by atoms with van der Waals surface area (Å²) in [7, 11) is 0. The summed E-state index contributed by atoms with van der Waals surface area (Å²) >= 11 is 2.01. The first kappa shape index (κ1) is 5.63. The molecule has 0 atom stereocenters. The summed E-state index contributed by atoms with van der Waals surface area (Å²) in [6.45, 7) is 0. The topological polar surface area (TPSA) is 36.9 Å². The van der Waals surface area contributed by atoms with Crippen molar-refractivity contribution in [3.05, 3.63) is 21.7 Å². The summed E-state index contributed by atoms with van der Waals surface area (Å²) in [5.41, 5.74) is 0.578. The van der Waals surface area contributed by atoms with Crippen LogP contribution in [0.1, 0.15) is 5.56 Å². The third kappa shape index (κ3) is 1.01. The molecule has 2 nitrogen and oxygen atoms in total. The van der Waals surface area contributed by atoms with Crippen LogP contribution in [-0.4, -0.2) is 0 Å². The molecule has 3 heteroatoms. The van der Waals surface area contributed by atoms with Gasteiger partial charge in [-0.05, 0) is 22.6 Å². The molecule has 8 heavy (non-hydrogen) atoms. The van der Waals surface area contributed by atoms with Gasteiger partial charge >= 0.3 is 0 Å². The van der Waals surface area contributed by atoms with E-state index in [1.165, 1.54) is 6.26 Å². The molecule has 40 valence electrons. The number of hydrogen-bond donors (Lipinski definition) is 0. The minimum atomic E-state index is 0.578. The molecule has 1 aromatic rings. The summed E-state index contributed by atoms with van der Waals surface area (Å²) in [5.74, 6) is 0. The molecule has 0 radical (unpaired) electrons. The molecule has 0 aliphatic rings. The van der Waals surface area contributed by atoms with Gasteiger partial charge in [0.2, 0.25) is 0 Å². The first-order chi connectivity index (χ1) is 3.83. The van der Waals surface area contributed by atoms with Crippen LogP contribution in [0.25, 0.3) is 0 Å². The molecule has 0 bridgehead atoms. The van der Waals surface area contributed by atoms with Crippen molar-refractivity contribution < 1.29 is 4.42 Å². The molecule has 0 unspecified atom stereocenters. The van der Waals surface area contributed by atoms with E-state index in [1.807, 2.05) is 28.7 Å². The Hall–Kier alpha value is -0.500. The first-order valence-corrected chi connectivity index (χ1v) is 3.05. The highest BCUT2D eigenvalue weighted by Crippen LogP contribution is 2.07. The Morgan fingerprint density at radius 2 is 2.50 bits per heavy atom. The van der Waals surface area contributed by atoms with Crippen LogP contribution in [0.4, 0.5) is 0 Å². The van der Waals surface area contributed by atoms with Crippen LogP contribution < -0.4 is 0 Å². The second-order valence-corrected chi connectivity index (χ2v) is 2.31. The summed E-state index contributed by atoms with van der Waals surface area (Å²) < 4.78 is 5.57. The maximum Gasteiger partial charge on any atom is 0.164 e. The minimum Gasteiger partial charge on any atom is -0.457 e. The SMILES string of the molecule is N#Cc1coc(I)c1. The van der Waals surface area contributed by atoms with Gasteiger partial charge in [0.15, 0.2) is 3.77 Å². The predicted molar refractivity (Wildman–Crippen MR) is 36.1 cm³/mol. The second-order valence-electron chi connectivity index (χ2n) is 1.25. The van der Waals surface area contributed by atoms with Gasteiger partial charge in [-0.2, -0.15) is 5.26 Å². The van der Waals surface area contributed by atoms with Crippen LogP contribution >= 0.6 is 22.6 Å². The Balaban J connectivity index is 3.05. The van der Waals surface area contributed by atoms with Gasteiger partial charge in [0.1, 0.15) is 12.3 Å². The average Bonchev–Trinajstić information content (AvgIpc) is 2.14. The second kappa shape index (κ2) is 2.18. The van der Waals surface area contributed by atoms with Crippen molar-refractivity contribution in [3.8, 4) is 6.07 Å². The van der Waals surface area contributed by atoms with E-state index in [0.29, 0.717) is 5.56 Å². The van der Waals surface area contributed by atoms with Gasteiger partial charge in [-0.1, -0.05) is 0 Å². The van der Waals surface area contributed by atoms with Crippen molar-refractivity contribution in [2.75, 3.05) is 0 Å². The Labute approximate surface area is 60.2 Å². The highest BCUT2D eigenvalue weighted by molar-refractivity contribution is 14.1. The first-order valence-electron chi connectivity index (χ1n) is 1.97. The van der Waals surface area contributed by atoms with Crippen LogP contribution in [0.5, 0.6) is 0 Å². The fourth-order valence-corrected chi connectivity index (χ4v) is 0.831. The van der Waals surface area contributed by atoms with E-state index >= 15 is 0 Å². The zero-order valence-corrected chi connectivity index (χ0v) is 6.05. The van der Waals surface area contributed by atoms with Gasteiger partial charge in [0, 0.05) is 6.07 Å². The standard InChI is InChI=1S/C5H2INO/c6-5-1-4(2-7)3-8-5/h1,3H. The fraction of sp³-hybridized carbons (Fsp3) is 0. The van der Waals surface area contributed by atoms with E-state index in [2.05, 4.69) is 0 Å². The molecule has 0 saturated heterocycles. The van der Waals surface area contributed by atoms with Gasteiger partial charge in [-0.3, -0.25) is 0 Å². The quantitative estimate of drug-likeness (QED) is 0.623. The van der Waals surface area contributed by atoms with Gasteiger partial charge in [-0.25, -0.2) is 0 Å². The van der Waals surface area contributed by atoms with E-state index in [0.717, 1.165) is 3.77 Å². The highest BCUT2D eigenvalue weighted by Gasteiger charge is 1.93. The summed E-state index contributed by atoms with van der Waals surface area (Å²) in [5, 5.41) is 8.24. The Morgan fingerprint density at radius 3 is 2.75 bits per heavy atom. The van der Waals surface area contributed by atoms with Crippen molar-refractivity contribution >= 4 is 22.6 Å². The molecule has 1 heterocycles. The summed E-state index contributed by atoms with van der Waals surface area (Å²) in [6, 6.07) is 3.63. The summed E-state index contributed by atoms with van der Waals surface area (Å²) in [6.07, 6.45) is 1.43. The molecule has 0 amide bonds. The number of hydrogen-bond acceptors (Lipinski definition) is 2. The van der Waals surface area contributed by atoms with Crippen molar-refractivity contribution in [3.63, 3.8) is 0 Å². The number of nitrogens with zero attached hydrogens (tertiary/aromatic N) is 1. The highest BCUT2D eigenvalue weighted by atomic mass is 127. The molecule has 0 fully saturated rings. The number of halogens is 1. The van der Waals surface area contributed by atoms with Gasteiger partial charge < -0.3 is 4.42 Å². The average molecular weight is 219 g/mol. The number of rotatable bonds is 0. The molecular weight excluding hydrogens is 217 g/mol. The van der Waals surface area contributed by atoms with Gasteiger partial charge in [0.25, 0.3) is 0 Å². The van der Waals surface area contributed by atoms with E-state index in [9.17, 15) is 0 Å². The van der Waals surface area contributed by atoms with Crippen molar-refractivity contribution in [2.45, 2.75) is 0 Å². The van der Waals surface area contributed by atoms with Gasteiger partial charge in [0.05, 0.1) is 5.56 Å². The normalized spacial score (nSPS) is 8.50. The molecule has 0 saturated carbocycles. The smallest absolute Gasteiger partial charge is 0.164 e. The monoisotopic (exact) mass is 219 g/mol. The Morgan fingerprint density at radius 1 is 1.75 bits per heavy atom. The largest absolute Gasteiger partial charge is 0.457 e. The van der Waals surface area contributed by atoms with Crippen molar-refractivity contribution in [2.24, 2.45) is 0 Å². The van der Waals surface area contributed by atoms with Crippen LogP contribution in [0, 0.1) is 15.1 Å². The minimum absolute atomic E-state index is 0.578. The van der Waals surface area contributed by atoms with E-state index in [4.69, 9.17) is 9.68 Å². The molecule has 0 N–H and O–H groups in total. The Bertz CT molecular complexity index is 223. The van der Waals surface area contributed by atoms with Crippen LogP contribution in [0.15, 0.2) is 16.7 Å². The lowest BCUT2D eigenvalue weighted by Crippen LogP contribution is -1.57. The lowest BCUT2D eigenvalue weighted by Gasteiger charge is -1.66. The lowest BCUT2D eigenvalue weighted by molar-refractivity contribution is 0.537. The summed E-state index contributed by atoms with van der Waals surface area (Å²) in [4.78, 5) is 0. The molecule has 0 aliphatic carbocycles. The molecule has 0 spiro atoms. The van der Waals surface area contributed by atoms with Crippen molar-refractivity contribution in [1.29, 1.82) is 5.26 Å². The fourth-order valence-electron chi connectivity index (χ4n) is 0.369. The van der Waals surface area contributed by atoms with Crippen molar-refractivity contribution in [1.82, 2.24) is 0 Å². The molecule has 0 aliphatic heterocycles. The van der Waals surface area contributed by atoms with Crippen LogP contribution in [0.2, 0.25) is 0 Å². The molecule has 1 aromatic heterocycles. The van der Waals surface area contributed by atoms with E-state index in [-0.39, 0.29) is 0 Å². The Kier molecular flexibility index (Phi) is 1.53. The van der Waals surface area contributed by atoms with Gasteiger partial charge in [-0.15, -0.1) is 0 Å². The van der Waals surface area contributed by atoms with Crippen LogP contribution in [-0.2, 0) is 0 Å². The lowest BCUT2D eigenvalue weighted by atomic mass is 10.4. The maximum atomic E-state index is 8.24. The zero-order chi connectivity index (χ0) is 5.98. The number of furan rings is 1. The molecule has 1 rings (SSSR count). The van der Waals surface area contributed by atoms with E-state index in [1.54, 1.807) is 6.07 Å². The maximum absolute atomic E-state index is 8.24. The third-order valence-electron chi connectivity index (χ3n) is 0.697. The third-order valence-corrected chi connectivity index (χ3v) is 1.26. The molecule has 0 aromatic carbocycles.